The van der Waals surface area contributed by atoms with Crippen LogP contribution in [0.1, 0.15) is 42.0 Å². The van der Waals surface area contributed by atoms with Crippen molar-refractivity contribution in [2.24, 2.45) is 11.7 Å². The van der Waals surface area contributed by atoms with E-state index < -0.39 is 17.7 Å². The van der Waals surface area contributed by atoms with Gasteiger partial charge >= 0.3 is 6.18 Å². The smallest absolute Gasteiger partial charge is 0.369 e. The van der Waals surface area contributed by atoms with E-state index in [2.05, 4.69) is 4.98 Å². The molecule has 0 saturated carbocycles. The van der Waals surface area contributed by atoms with Crippen molar-refractivity contribution in [3.05, 3.63) is 71.7 Å². The Morgan fingerprint density at radius 3 is 2.56 bits per heavy atom. The van der Waals surface area contributed by atoms with E-state index in [4.69, 9.17) is 5.73 Å². The molecule has 2 aromatic heterocycles. The van der Waals surface area contributed by atoms with Crippen molar-refractivity contribution in [2.45, 2.75) is 31.4 Å². The molecule has 3 heterocycles. The highest BCUT2D eigenvalue weighted by molar-refractivity contribution is 5.79. The quantitative estimate of drug-likeness (QED) is 0.653. The van der Waals surface area contributed by atoms with Gasteiger partial charge in [0.05, 0.1) is 11.3 Å². The van der Waals surface area contributed by atoms with Crippen LogP contribution < -0.4 is 5.73 Å². The number of pyridine rings is 1. The number of hydrogen-bond donors (Lipinski definition) is 1. The number of rotatable bonds is 5. The molecule has 1 aromatic carbocycles. The number of halogens is 3. The highest BCUT2D eigenvalue weighted by Gasteiger charge is 2.33. The molecule has 1 saturated heterocycles. The van der Waals surface area contributed by atoms with Gasteiger partial charge in [0.25, 0.3) is 0 Å². The van der Waals surface area contributed by atoms with Gasteiger partial charge < -0.3 is 15.0 Å². The molecule has 4 rings (SSSR count). The van der Waals surface area contributed by atoms with Crippen LogP contribution in [-0.2, 0) is 15.8 Å². The summed E-state index contributed by atoms with van der Waals surface area (Å²) in [4.78, 5) is 30.5. The lowest BCUT2D eigenvalue weighted by Gasteiger charge is -2.32. The molecule has 0 aliphatic carbocycles. The summed E-state index contributed by atoms with van der Waals surface area (Å²) in [5.41, 5.74) is 6.29. The lowest BCUT2D eigenvalue weighted by molar-refractivity contribution is -0.137. The predicted octanol–water partition coefficient (Wildman–Crippen LogP) is 3.60. The third-order valence-electron chi connectivity index (χ3n) is 6.05. The average Bonchev–Trinajstić information content (AvgIpc) is 3.21. The molecule has 1 fully saturated rings. The van der Waals surface area contributed by atoms with E-state index in [1.165, 1.54) is 6.07 Å². The fourth-order valence-electron chi connectivity index (χ4n) is 4.25. The number of nitrogens with two attached hydrogens (primary N) is 1. The second-order valence-corrected chi connectivity index (χ2v) is 8.05. The van der Waals surface area contributed by atoms with Crippen LogP contribution in [0.15, 0.2) is 54.9 Å². The van der Waals surface area contributed by atoms with E-state index in [0.717, 1.165) is 12.1 Å². The van der Waals surface area contributed by atoms with Gasteiger partial charge in [-0.25, -0.2) is 4.98 Å². The van der Waals surface area contributed by atoms with E-state index in [-0.39, 0.29) is 24.2 Å². The first-order chi connectivity index (χ1) is 15.2. The number of primary amides is 1. The number of imidazole rings is 1. The Labute approximate surface area is 182 Å². The van der Waals surface area contributed by atoms with Gasteiger partial charge in [-0.05, 0) is 36.6 Å². The summed E-state index contributed by atoms with van der Waals surface area (Å²) >= 11 is 0. The fourth-order valence-corrected chi connectivity index (χ4v) is 4.25. The Kier molecular flexibility index (Phi) is 5.90. The second-order valence-electron chi connectivity index (χ2n) is 8.05. The molecule has 0 radical (unpaired) electrons. The summed E-state index contributed by atoms with van der Waals surface area (Å²) in [6.07, 6.45) is -0.129. The molecule has 9 heteroatoms. The molecule has 32 heavy (non-hydrogen) atoms. The number of benzene rings is 1. The van der Waals surface area contributed by atoms with Gasteiger partial charge in [0.15, 0.2) is 0 Å². The summed E-state index contributed by atoms with van der Waals surface area (Å²) in [6.45, 7) is 0.795. The van der Waals surface area contributed by atoms with E-state index in [1.807, 2.05) is 6.07 Å². The van der Waals surface area contributed by atoms with Crippen molar-refractivity contribution in [1.82, 2.24) is 14.3 Å². The Morgan fingerprint density at radius 1 is 1.12 bits per heavy atom. The van der Waals surface area contributed by atoms with E-state index in [1.54, 1.807) is 39.9 Å². The molecule has 6 nitrogen and oxygen atoms in total. The molecule has 1 unspecified atom stereocenters. The third kappa shape index (κ3) is 4.46. The maximum Gasteiger partial charge on any atom is 0.416 e. The first-order valence-electron chi connectivity index (χ1n) is 10.4. The molecule has 1 aliphatic heterocycles. The monoisotopic (exact) mass is 444 g/mol. The number of hydrogen-bond acceptors (Lipinski definition) is 3. The maximum atomic E-state index is 13.4. The predicted molar refractivity (Wildman–Crippen MR) is 112 cm³/mol. The van der Waals surface area contributed by atoms with Gasteiger partial charge in [0.1, 0.15) is 5.65 Å². The highest BCUT2D eigenvalue weighted by Crippen LogP contribution is 2.35. The Morgan fingerprint density at radius 2 is 1.88 bits per heavy atom. The minimum Gasteiger partial charge on any atom is -0.369 e. The van der Waals surface area contributed by atoms with Crippen LogP contribution in [0.25, 0.3) is 5.65 Å². The van der Waals surface area contributed by atoms with Crippen LogP contribution in [0.2, 0.25) is 0 Å². The largest absolute Gasteiger partial charge is 0.416 e. The van der Waals surface area contributed by atoms with Crippen LogP contribution in [0, 0.1) is 5.92 Å². The van der Waals surface area contributed by atoms with Crippen molar-refractivity contribution in [1.29, 1.82) is 0 Å². The first-order valence-corrected chi connectivity index (χ1v) is 10.4. The summed E-state index contributed by atoms with van der Waals surface area (Å²) < 4.78 is 41.8. The summed E-state index contributed by atoms with van der Waals surface area (Å²) in [5, 5.41) is 0. The minimum absolute atomic E-state index is 0.00869. The number of aromatic nitrogens is 2. The number of nitrogens with zero attached hydrogens (tertiary/aromatic N) is 3. The number of carbonyl (C=O) groups is 2. The number of carbonyl (C=O) groups excluding carboxylic acids is 2. The number of fused-ring (bicyclic) bond motifs is 1. The Balaban J connectivity index is 1.66. The Bertz CT molecular complexity index is 1130. The van der Waals surface area contributed by atoms with E-state index >= 15 is 0 Å². The summed E-state index contributed by atoms with van der Waals surface area (Å²) in [6, 6.07) is 10.5. The SMILES string of the molecule is NC(=O)C1CCN(C(=O)CC(c2cccc(C(F)(F)F)c2)c2cnc3ccccn23)CC1. The van der Waals surface area contributed by atoms with Gasteiger partial charge in [-0.1, -0.05) is 24.3 Å². The van der Waals surface area contributed by atoms with E-state index in [9.17, 15) is 22.8 Å². The van der Waals surface area contributed by atoms with Crippen molar-refractivity contribution >= 4 is 17.5 Å². The molecule has 0 bridgehead atoms. The van der Waals surface area contributed by atoms with Crippen molar-refractivity contribution in [3.63, 3.8) is 0 Å². The molecular formula is C23H23F3N4O2. The maximum absolute atomic E-state index is 13.4. The van der Waals surface area contributed by atoms with Crippen molar-refractivity contribution < 1.29 is 22.8 Å². The molecule has 168 valence electrons. The molecule has 2 N–H and O–H groups in total. The zero-order valence-corrected chi connectivity index (χ0v) is 17.3. The molecule has 2 amide bonds. The molecule has 1 aliphatic rings. The van der Waals surface area contributed by atoms with Gasteiger partial charge in [0, 0.05) is 43.7 Å². The van der Waals surface area contributed by atoms with Crippen LogP contribution in [0.3, 0.4) is 0 Å². The normalized spacial score (nSPS) is 16.3. The number of amides is 2. The fraction of sp³-hybridized carbons (Fsp3) is 0.348. The zero-order chi connectivity index (χ0) is 22.9. The first kappa shape index (κ1) is 21.9. The van der Waals surface area contributed by atoms with Crippen molar-refractivity contribution in [2.75, 3.05) is 13.1 Å². The average molecular weight is 444 g/mol. The minimum atomic E-state index is -4.49. The summed E-state index contributed by atoms with van der Waals surface area (Å²) in [7, 11) is 0. The molecule has 0 spiro atoms. The van der Waals surface area contributed by atoms with Crippen LogP contribution in [0.4, 0.5) is 13.2 Å². The topological polar surface area (TPSA) is 80.7 Å². The van der Waals surface area contributed by atoms with Crippen LogP contribution in [0.5, 0.6) is 0 Å². The molecule has 3 aromatic rings. The lowest BCUT2D eigenvalue weighted by atomic mass is 9.90. The number of piperidine rings is 1. The zero-order valence-electron chi connectivity index (χ0n) is 17.3. The van der Waals surface area contributed by atoms with Gasteiger partial charge in [-0.3, -0.25) is 9.59 Å². The van der Waals surface area contributed by atoms with Crippen LogP contribution in [-0.4, -0.2) is 39.2 Å². The Hall–Kier alpha value is -3.36. The number of alkyl halides is 3. The lowest BCUT2D eigenvalue weighted by Crippen LogP contribution is -2.42. The van der Waals surface area contributed by atoms with Gasteiger partial charge in [0.2, 0.25) is 11.8 Å². The van der Waals surface area contributed by atoms with E-state index in [0.29, 0.717) is 42.8 Å². The van der Waals surface area contributed by atoms with Crippen molar-refractivity contribution in [3.8, 4) is 0 Å². The third-order valence-corrected chi connectivity index (χ3v) is 6.05. The molecule has 1 atom stereocenters. The van der Waals surface area contributed by atoms with Gasteiger partial charge in [-0.2, -0.15) is 13.2 Å². The summed E-state index contributed by atoms with van der Waals surface area (Å²) in [5.74, 6) is -1.42. The standard InChI is InChI=1S/C23H23F3N4O2/c24-23(25,26)17-5-3-4-16(12-17)18(19-14-28-20-6-1-2-9-30(19)20)13-21(31)29-10-7-15(8-11-29)22(27)32/h1-6,9,12,14-15,18H,7-8,10-11,13H2,(H2,27,32). The number of likely N-dealkylation sites (tertiary alicyclic amines) is 1. The van der Waals surface area contributed by atoms with Crippen LogP contribution >= 0.6 is 0 Å². The van der Waals surface area contributed by atoms with Gasteiger partial charge in [-0.15, -0.1) is 0 Å². The molecular weight excluding hydrogens is 421 g/mol. The highest BCUT2D eigenvalue weighted by atomic mass is 19.4. The second kappa shape index (κ2) is 8.64.